The molecule has 86 valence electrons. The zero-order valence-corrected chi connectivity index (χ0v) is 11.7. The molecule has 0 saturated heterocycles. The molecule has 0 aromatic carbocycles. The van der Waals surface area contributed by atoms with E-state index in [1.807, 2.05) is 62.3 Å². The Morgan fingerprint density at radius 3 is 0.615 bits per heavy atom. The lowest BCUT2D eigenvalue weighted by atomic mass is 10.8. The van der Waals surface area contributed by atoms with Crippen LogP contribution in [0.1, 0.15) is 62.3 Å². The van der Waals surface area contributed by atoms with Gasteiger partial charge in [0.1, 0.15) is 0 Å². The summed E-state index contributed by atoms with van der Waals surface area (Å²) in [5.41, 5.74) is 0. The minimum Gasteiger partial charge on any atom is -0.106 e. The zero-order valence-electron chi connectivity index (χ0n) is 11.7. The minimum absolute atomic E-state index is 1.75. The van der Waals surface area contributed by atoms with Gasteiger partial charge in [-0.1, -0.05) is 61.5 Å². The summed E-state index contributed by atoms with van der Waals surface area (Å²) < 4.78 is 0. The van der Waals surface area contributed by atoms with Gasteiger partial charge in [-0.05, 0) is 6.92 Å². The highest BCUT2D eigenvalue weighted by molar-refractivity contribution is 4.51. The fourth-order valence-corrected chi connectivity index (χ4v) is 0. The average molecular weight is 190 g/mol. The first kappa shape index (κ1) is 39.2. The fourth-order valence-electron chi connectivity index (χ4n) is 0. The summed E-state index contributed by atoms with van der Waals surface area (Å²) in [6.45, 7) is 27.2. The van der Waals surface area contributed by atoms with Gasteiger partial charge >= 0.3 is 0 Å². The van der Waals surface area contributed by atoms with E-state index in [0.29, 0.717) is 0 Å². The van der Waals surface area contributed by atoms with Gasteiger partial charge in [-0.3, -0.25) is 0 Å². The molecule has 0 radical (unpaired) electrons. The van der Waals surface area contributed by atoms with Crippen LogP contribution in [0, 0.1) is 0 Å². The minimum atomic E-state index is 1.75. The van der Waals surface area contributed by atoms with E-state index in [1.54, 1.807) is 6.08 Å². The third-order valence-electron chi connectivity index (χ3n) is 0. The molecular weight excluding hydrogens is 156 g/mol. The lowest BCUT2D eigenvalue weighted by Crippen LogP contribution is -1.07. The highest BCUT2D eigenvalue weighted by Gasteiger charge is 1.15. The molecule has 0 heterocycles. The van der Waals surface area contributed by atoms with Gasteiger partial charge in [0.25, 0.3) is 0 Å². The van der Waals surface area contributed by atoms with Gasteiger partial charge in [0.2, 0.25) is 0 Å². The second kappa shape index (κ2) is 5470. The summed E-state index contributed by atoms with van der Waals surface area (Å²) in [5, 5.41) is 0. The number of rotatable bonds is 0. The summed E-state index contributed by atoms with van der Waals surface area (Å²) in [4.78, 5) is 0. The molecule has 0 amide bonds. The maximum atomic E-state index is 3.36. The average Bonchev–Trinajstić information content (AvgIpc) is 2.32. The van der Waals surface area contributed by atoms with Crippen molar-refractivity contribution >= 4 is 0 Å². The third kappa shape index (κ3) is 3820. The largest absolute Gasteiger partial charge is 0.106 e. The van der Waals surface area contributed by atoms with Gasteiger partial charge in [-0.25, -0.2) is 0 Å². The van der Waals surface area contributed by atoms with Crippen LogP contribution in [0.4, 0.5) is 0 Å². The highest BCUT2D eigenvalue weighted by Crippen LogP contribution is 1.38. The van der Waals surface area contributed by atoms with Crippen molar-refractivity contribution < 1.29 is 0 Å². The van der Waals surface area contributed by atoms with Crippen LogP contribution >= 0.6 is 0 Å². The molecule has 0 atom stereocenters. The van der Waals surface area contributed by atoms with E-state index < -0.39 is 0 Å². The molecule has 0 bridgehead atoms. The van der Waals surface area contributed by atoms with Crippen molar-refractivity contribution in [3.05, 3.63) is 25.8 Å². The zero-order chi connectivity index (χ0) is 12.7. The van der Waals surface area contributed by atoms with Gasteiger partial charge in [-0.15, -0.1) is 19.7 Å². The van der Waals surface area contributed by atoms with E-state index in [0.717, 1.165) is 0 Å². The fraction of sp³-hybridized carbons (Fsp3) is 0.692. The molecule has 0 aliphatic carbocycles. The van der Waals surface area contributed by atoms with Gasteiger partial charge in [-0.2, -0.15) is 0 Å². The molecule has 0 aromatic heterocycles. The summed E-state index contributed by atoms with van der Waals surface area (Å²) in [6.07, 6.45) is 1.75. The number of hydrogen-bond donors (Lipinski definition) is 0. The summed E-state index contributed by atoms with van der Waals surface area (Å²) in [6, 6.07) is 0. The quantitative estimate of drug-likeness (QED) is 0.405. The van der Waals surface area contributed by atoms with Crippen LogP contribution in [-0.2, 0) is 0 Å². The summed E-state index contributed by atoms with van der Waals surface area (Å²) in [7, 11) is 0. The van der Waals surface area contributed by atoms with E-state index in [2.05, 4.69) is 19.7 Å². The lowest BCUT2D eigenvalue weighted by Gasteiger charge is -1.31. The first-order chi connectivity index (χ1) is 6.41. The van der Waals surface area contributed by atoms with Crippen molar-refractivity contribution in [1.82, 2.24) is 0 Å². The third-order valence-corrected chi connectivity index (χ3v) is 0. The van der Waals surface area contributed by atoms with Crippen LogP contribution in [0.25, 0.3) is 0 Å². The molecule has 0 nitrogen and oxygen atoms in total. The van der Waals surface area contributed by atoms with Crippen LogP contribution in [0.5, 0.6) is 0 Å². The predicted octanol–water partition coefficient (Wildman–Crippen LogP) is 6.10. The van der Waals surface area contributed by atoms with E-state index in [4.69, 9.17) is 0 Å². The highest BCUT2D eigenvalue weighted by atomic mass is 13.2. The van der Waals surface area contributed by atoms with Gasteiger partial charge in [0.15, 0.2) is 0 Å². The van der Waals surface area contributed by atoms with E-state index in [-0.39, 0.29) is 0 Å². The first-order valence-corrected chi connectivity index (χ1v) is 5.49. The SMILES string of the molecule is C=C.C=CC.CC.CC.CC.CC. The Balaban J connectivity index is -0.0000000115. The Kier molecular flexibility index (Phi) is 16500. The van der Waals surface area contributed by atoms with E-state index >= 15 is 0 Å². The molecule has 0 rings (SSSR count). The molecular formula is C13H34. The topological polar surface area (TPSA) is 0 Å². The predicted molar refractivity (Wildman–Crippen MR) is 72.5 cm³/mol. The maximum absolute atomic E-state index is 3.36. The smallest absolute Gasteiger partial charge is 0.0473 e. The van der Waals surface area contributed by atoms with Crippen molar-refractivity contribution in [2.75, 3.05) is 0 Å². The van der Waals surface area contributed by atoms with Crippen molar-refractivity contribution in [3.63, 3.8) is 0 Å². The Hall–Kier alpha value is -0.520. The number of allylic oxidation sites excluding steroid dienone is 1. The molecule has 0 fully saturated rings. The van der Waals surface area contributed by atoms with E-state index in [1.165, 1.54) is 0 Å². The molecule has 0 aliphatic heterocycles. The molecule has 0 N–H and O–H groups in total. The Bertz CT molecular complexity index is 14.0. The molecule has 0 spiro atoms. The van der Waals surface area contributed by atoms with Crippen molar-refractivity contribution in [1.29, 1.82) is 0 Å². The normalized spacial score (nSPS) is 3.15. The second-order valence-electron chi connectivity index (χ2n) is 0.408. The van der Waals surface area contributed by atoms with Crippen LogP contribution in [0.3, 0.4) is 0 Å². The molecule has 0 unspecified atom stereocenters. The Morgan fingerprint density at radius 1 is 0.615 bits per heavy atom. The summed E-state index contributed by atoms with van der Waals surface area (Å²) >= 11 is 0. The first-order valence-electron chi connectivity index (χ1n) is 5.49. The Labute approximate surface area is 88.8 Å². The molecule has 13 heavy (non-hydrogen) atoms. The van der Waals surface area contributed by atoms with Crippen molar-refractivity contribution in [3.8, 4) is 0 Å². The monoisotopic (exact) mass is 190 g/mol. The van der Waals surface area contributed by atoms with Crippen LogP contribution < -0.4 is 0 Å². The van der Waals surface area contributed by atoms with Crippen LogP contribution in [0.2, 0.25) is 0 Å². The van der Waals surface area contributed by atoms with E-state index in [9.17, 15) is 0 Å². The standard InChI is InChI=1S/C3H6.4C2H6.C2H4/c1-3-2;5*1-2/h3H,1H2,2H3;4*1-2H3;1-2H2. The molecule has 0 aromatic rings. The maximum Gasteiger partial charge on any atom is -0.0473 e. The van der Waals surface area contributed by atoms with Crippen LogP contribution in [-0.4, -0.2) is 0 Å². The van der Waals surface area contributed by atoms with Crippen molar-refractivity contribution in [2.45, 2.75) is 62.3 Å². The van der Waals surface area contributed by atoms with Crippen LogP contribution in [0.15, 0.2) is 25.8 Å². The van der Waals surface area contributed by atoms with Gasteiger partial charge in [0.05, 0.1) is 0 Å². The van der Waals surface area contributed by atoms with Crippen molar-refractivity contribution in [2.24, 2.45) is 0 Å². The number of hydrogen-bond acceptors (Lipinski definition) is 0. The molecule has 0 aliphatic rings. The molecule has 0 saturated carbocycles. The second-order valence-corrected chi connectivity index (χ2v) is 0.408. The summed E-state index contributed by atoms with van der Waals surface area (Å²) in [5.74, 6) is 0. The molecule has 0 heteroatoms. The lowest BCUT2D eigenvalue weighted by molar-refractivity contribution is 1.50. The Morgan fingerprint density at radius 2 is 0.615 bits per heavy atom. The van der Waals surface area contributed by atoms with Gasteiger partial charge in [0, 0.05) is 0 Å². The van der Waals surface area contributed by atoms with Gasteiger partial charge < -0.3 is 0 Å².